The summed E-state index contributed by atoms with van der Waals surface area (Å²) in [4.78, 5) is 0. The summed E-state index contributed by atoms with van der Waals surface area (Å²) in [6, 6.07) is 9.40. The Morgan fingerprint density at radius 3 is 2.28 bits per heavy atom. The average molecular weight is 337 g/mol. The van der Waals surface area contributed by atoms with E-state index in [9.17, 15) is 0 Å². The van der Waals surface area contributed by atoms with E-state index >= 15 is 0 Å². The Morgan fingerprint density at radius 2 is 1.56 bits per heavy atom. The molecule has 1 radical (unpaired) electrons. The summed E-state index contributed by atoms with van der Waals surface area (Å²) in [5.74, 6) is 2.67. The molecule has 5 heteroatoms. The summed E-state index contributed by atoms with van der Waals surface area (Å²) in [6.45, 7) is 1.95. The third-order valence-corrected chi connectivity index (χ3v) is 4.31. The monoisotopic (exact) mass is 337 g/mol. The van der Waals surface area contributed by atoms with Gasteiger partial charge in [0.2, 0.25) is 0 Å². The zero-order chi connectivity index (χ0) is 17.6. The molecule has 0 aliphatic carbocycles. The van der Waals surface area contributed by atoms with Gasteiger partial charge >= 0.3 is 0 Å². The van der Waals surface area contributed by atoms with Crippen molar-refractivity contribution in [2.45, 2.75) is 6.92 Å². The topological polar surface area (TPSA) is 54.0 Å². The van der Waals surface area contributed by atoms with Crippen molar-refractivity contribution in [3.63, 3.8) is 0 Å². The minimum atomic E-state index is 0.619. The lowest BCUT2D eigenvalue weighted by Crippen LogP contribution is -1.89. The van der Waals surface area contributed by atoms with Crippen LogP contribution in [0, 0.1) is 13.2 Å². The van der Waals surface area contributed by atoms with Crippen LogP contribution < -0.4 is 14.2 Å². The second kappa shape index (κ2) is 5.77. The molecule has 0 saturated heterocycles. The van der Waals surface area contributed by atoms with Crippen molar-refractivity contribution in [2.24, 2.45) is 0 Å². The Labute approximate surface area is 144 Å². The molecule has 0 aliphatic rings. The van der Waals surface area contributed by atoms with Crippen molar-refractivity contribution in [3.8, 4) is 28.6 Å². The van der Waals surface area contributed by atoms with E-state index in [1.807, 2.05) is 37.3 Å². The minimum Gasteiger partial charge on any atom is -0.496 e. The van der Waals surface area contributed by atoms with Gasteiger partial charge in [-0.1, -0.05) is 0 Å². The third-order valence-electron chi connectivity index (χ3n) is 4.31. The Bertz CT molecular complexity index is 1030. The molecule has 0 fully saturated rings. The van der Waals surface area contributed by atoms with Gasteiger partial charge in [0.1, 0.15) is 22.7 Å². The molecule has 0 bridgehead atoms. The van der Waals surface area contributed by atoms with Gasteiger partial charge in [0.25, 0.3) is 0 Å². The van der Waals surface area contributed by atoms with Crippen LogP contribution in [0.5, 0.6) is 17.2 Å². The maximum atomic E-state index is 6.10. The Morgan fingerprint density at radius 1 is 0.840 bits per heavy atom. The summed E-state index contributed by atoms with van der Waals surface area (Å²) < 4.78 is 27.9. The highest BCUT2D eigenvalue weighted by molar-refractivity contribution is 6.00. The molecule has 0 aliphatic heterocycles. The van der Waals surface area contributed by atoms with Crippen LogP contribution in [0.2, 0.25) is 0 Å². The van der Waals surface area contributed by atoms with E-state index in [1.165, 1.54) is 0 Å². The first-order valence-electron chi connectivity index (χ1n) is 7.80. The molecule has 127 valence electrons. The predicted octanol–water partition coefficient (Wildman–Crippen LogP) is 4.98. The first-order valence-corrected chi connectivity index (χ1v) is 7.80. The molecule has 0 N–H and O–H groups in total. The second-order valence-electron chi connectivity index (χ2n) is 5.70. The van der Waals surface area contributed by atoms with E-state index in [2.05, 4.69) is 6.26 Å². The molecule has 0 saturated carbocycles. The maximum Gasteiger partial charge on any atom is 0.173 e. The van der Waals surface area contributed by atoms with Crippen molar-refractivity contribution in [3.05, 3.63) is 42.2 Å². The number of benzene rings is 2. The Hall–Kier alpha value is -3.08. The summed E-state index contributed by atoms with van der Waals surface area (Å²) in [5, 5.41) is 1.84. The summed E-state index contributed by atoms with van der Waals surface area (Å²) in [7, 11) is 4.85. The van der Waals surface area contributed by atoms with Gasteiger partial charge in [-0.25, -0.2) is 0 Å². The van der Waals surface area contributed by atoms with Crippen molar-refractivity contribution < 1.29 is 23.0 Å². The van der Waals surface area contributed by atoms with Crippen LogP contribution in [-0.4, -0.2) is 21.3 Å². The van der Waals surface area contributed by atoms with E-state index in [-0.39, 0.29) is 0 Å². The van der Waals surface area contributed by atoms with E-state index in [1.54, 1.807) is 21.3 Å². The number of ether oxygens (including phenoxy) is 3. The highest BCUT2D eigenvalue weighted by Crippen LogP contribution is 2.43. The molecule has 0 amide bonds. The number of methoxy groups -OCH3 is 3. The van der Waals surface area contributed by atoms with Gasteiger partial charge in [-0.05, 0) is 31.2 Å². The van der Waals surface area contributed by atoms with Gasteiger partial charge in [-0.2, -0.15) is 0 Å². The fourth-order valence-corrected chi connectivity index (χ4v) is 3.11. The molecule has 0 atom stereocenters. The fourth-order valence-electron chi connectivity index (χ4n) is 3.11. The molecular weight excluding hydrogens is 320 g/mol. The molecular formula is C20H17O5. The zero-order valence-electron chi connectivity index (χ0n) is 14.4. The van der Waals surface area contributed by atoms with Crippen molar-refractivity contribution in [1.82, 2.24) is 0 Å². The molecule has 4 rings (SSSR count). The number of rotatable bonds is 4. The SMILES string of the molecule is COc1cc2cc(-c3c(OC)ccc4o[c]c(C)c34)oc2cc1OC. The molecule has 0 spiro atoms. The number of hydrogen-bond donors (Lipinski definition) is 0. The smallest absolute Gasteiger partial charge is 0.173 e. The summed E-state index contributed by atoms with van der Waals surface area (Å²) in [5.41, 5.74) is 3.19. The van der Waals surface area contributed by atoms with Crippen LogP contribution in [0.4, 0.5) is 0 Å². The third kappa shape index (κ3) is 2.31. The molecule has 0 unspecified atom stereocenters. The van der Waals surface area contributed by atoms with Crippen LogP contribution >= 0.6 is 0 Å². The van der Waals surface area contributed by atoms with E-state index < -0.39 is 0 Å². The van der Waals surface area contributed by atoms with Crippen LogP contribution in [-0.2, 0) is 0 Å². The standard InChI is InChI=1S/C20H17O5/c1-11-10-24-14-6-5-13(21-2)20(19(11)14)18-8-12-7-16(22-3)17(23-4)9-15(12)25-18/h5-9H,1-4H3. The quantitative estimate of drug-likeness (QED) is 0.525. The van der Waals surface area contributed by atoms with Crippen LogP contribution in [0.1, 0.15) is 5.56 Å². The van der Waals surface area contributed by atoms with Gasteiger partial charge < -0.3 is 23.0 Å². The number of hydrogen-bond acceptors (Lipinski definition) is 5. The van der Waals surface area contributed by atoms with Gasteiger partial charge in [0.15, 0.2) is 17.8 Å². The van der Waals surface area contributed by atoms with E-state index in [0.717, 1.165) is 27.5 Å². The molecule has 2 heterocycles. The van der Waals surface area contributed by atoms with Crippen LogP contribution in [0.15, 0.2) is 39.2 Å². The molecule has 2 aromatic heterocycles. The number of furan rings is 2. The normalized spacial score (nSPS) is 11.2. The largest absolute Gasteiger partial charge is 0.496 e. The highest BCUT2D eigenvalue weighted by atomic mass is 16.5. The summed E-state index contributed by atoms with van der Waals surface area (Å²) >= 11 is 0. The Balaban J connectivity index is 2.01. The second-order valence-corrected chi connectivity index (χ2v) is 5.70. The zero-order valence-corrected chi connectivity index (χ0v) is 14.4. The summed E-state index contributed by atoms with van der Waals surface area (Å²) in [6.07, 6.45) is 2.90. The lowest BCUT2D eigenvalue weighted by molar-refractivity contribution is 0.355. The maximum absolute atomic E-state index is 6.10. The van der Waals surface area contributed by atoms with Gasteiger partial charge in [-0.3, -0.25) is 0 Å². The highest BCUT2D eigenvalue weighted by Gasteiger charge is 2.20. The number of fused-ring (bicyclic) bond motifs is 2. The van der Waals surface area contributed by atoms with E-state index in [4.69, 9.17) is 23.0 Å². The predicted molar refractivity (Wildman–Crippen MR) is 94.7 cm³/mol. The molecule has 25 heavy (non-hydrogen) atoms. The molecule has 2 aromatic carbocycles. The van der Waals surface area contributed by atoms with E-state index in [0.29, 0.717) is 28.6 Å². The number of aryl methyl sites for hydroxylation is 1. The lowest BCUT2D eigenvalue weighted by atomic mass is 10.0. The van der Waals surface area contributed by atoms with Gasteiger partial charge in [0.05, 0.1) is 26.9 Å². The van der Waals surface area contributed by atoms with Gasteiger partial charge in [0, 0.05) is 22.4 Å². The lowest BCUT2D eigenvalue weighted by Gasteiger charge is -2.07. The van der Waals surface area contributed by atoms with Crippen LogP contribution in [0.3, 0.4) is 0 Å². The first-order chi connectivity index (χ1) is 12.2. The molecule has 5 nitrogen and oxygen atoms in total. The fraction of sp³-hybridized carbons (Fsp3) is 0.200. The molecule has 4 aromatic rings. The average Bonchev–Trinajstić information content (AvgIpc) is 3.22. The van der Waals surface area contributed by atoms with Crippen molar-refractivity contribution in [2.75, 3.05) is 21.3 Å². The Kier molecular flexibility index (Phi) is 3.57. The first kappa shape index (κ1) is 15.4. The van der Waals surface area contributed by atoms with Crippen LogP contribution in [0.25, 0.3) is 33.3 Å². The van der Waals surface area contributed by atoms with Crippen molar-refractivity contribution >= 4 is 21.9 Å². The van der Waals surface area contributed by atoms with Gasteiger partial charge in [-0.15, -0.1) is 0 Å². The van der Waals surface area contributed by atoms with Crippen molar-refractivity contribution in [1.29, 1.82) is 0 Å². The minimum absolute atomic E-state index is 0.619.